The average molecular weight is 477 g/mol. The Hall–Kier alpha value is -0.570. The van der Waals surface area contributed by atoms with Crippen molar-refractivity contribution in [3.63, 3.8) is 0 Å². The van der Waals surface area contributed by atoms with Crippen LogP contribution in [-0.2, 0) is 4.79 Å². The molecule has 0 unspecified atom stereocenters. The van der Waals surface area contributed by atoms with E-state index in [4.69, 9.17) is 4.99 Å². The van der Waals surface area contributed by atoms with Gasteiger partial charge in [-0.3, -0.25) is 14.7 Å². The van der Waals surface area contributed by atoms with Gasteiger partial charge in [0, 0.05) is 45.3 Å². The van der Waals surface area contributed by atoms with Crippen LogP contribution in [-0.4, -0.2) is 73.5 Å². The van der Waals surface area contributed by atoms with Gasteiger partial charge < -0.3 is 15.5 Å². The molecule has 0 aromatic rings. The number of guanidine groups is 1. The van der Waals surface area contributed by atoms with Gasteiger partial charge in [-0.1, -0.05) is 0 Å². The molecule has 1 amide bonds. The molecular formula is C19H36IN5O. The van der Waals surface area contributed by atoms with Gasteiger partial charge in [0.05, 0.1) is 6.54 Å². The van der Waals surface area contributed by atoms with Crippen molar-refractivity contribution >= 4 is 35.8 Å². The minimum atomic E-state index is 0. The first-order valence-corrected chi connectivity index (χ1v) is 10.1. The van der Waals surface area contributed by atoms with Crippen molar-refractivity contribution in [2.45, 2.75) is 52.5 Å². The normalized spacial score (nSPS) is 22.8. The van der Waals surface area contributed by atoms with E-state index in [1.165, 1.54) is 25.7 Å². The van der Waals surface area contributed by atoms with E-state index in [1.807, 2.05) is 13.8 Å². The maximum Gasteiger partial charge on any atom is 0.234 e. The first-order valence-electron chi connectivity index (χ1n) is 10.1. The summed E-state index contributed by atoms with van der Waals surface area (Å²) < 4.78 is 0. The molecule has 1 heterocycles. The SMILES string of the molecule is CCNC(=NCC1(C2CC2)CC1)N1CCN(CC(=O)NC(C)C)CC1.I. The second kappa shape index (κ2) is 9.57. The van der Waals surface area contributed by atoms with E-state index in [-0.39, 0.29) is 35.9 Å². The van der Waals surface area contributed by atoms with E-state index < -0.39 is 0 Å². The van der Waals surface area contributed by atoms with Gasteiger partial charge in [-0.05, 0) is 57.8 Å². The van der Waals surface area contributed by atoms with Crippen LogP contribution in [0.15, 0.2) is 4.99 Å². The minimum Gasteiger partial charge on any atom is -0.357 e. The molecule has 2 N–H and O–H groups in total. The van der Waals surface area contributed by atoms with Gasteiger partial charge in [-0.2, -0.15) is 0 Å². The molecule has 0 bridgehead atoms. The Morgan fingerprint density at radius 1 is 1.19 bits per heavy atom. The predicted molar refractivity (Wildman–Crippen MR) is 117 cm³/mol. The number of halogens is 1. The summed E-state index contributed by atoms with van der Waals surface area (Å²) in [7, 11) is 0. The maximum absolute atomic E-state index is 11.9. The number of amides is 1. The van der Waals surface area contributed by atoms with Crippen LogP contribution in [0.25, 0.3) is 0 Å². The van der Waals surface area contributed by atoms with Crippen molar-refractivity contribution in [1.82, 2.24) is 20.4 Å². The number of carbonyl (C=O) groups excluding carboxylic acids is 1. The Morgan fingerprint density at radius 2 is 1.85 bits per heavy atom. The molecule has 0 spiro atoms. The number of hydrogen-bond donors (Lipinski definition) is 2. The van der Waals surface area contributed by atoms with E-state index in [2.05, 4.69) is 27.4 Å². The molecule has 1 aliphatic heterocycles. The van der Waals surface area contributed by atoms with Crippen molar-refractivity contribution in [3.8, 4) is 0 Å². The molecule has 2 saturated carbocycles. The number of rotatable bonds is 7. The highest BCUT2D eigenvalue weighted by molar-refractivity contribution is 14.0. The molecule has 150 valence electrons. The summed E-state index contributed by atoms with van der Waals surface area (Å²) in [4.78, 5) is 21.5. The zero-order valence-corrected chi connectivity index (χ0v) is 18.9. The lowest BCUT2D eigenvalue weighted by Gasteiger charge is -2.36. The molecule has 3 rings (SSSR count). The van der Waals surface area contributed by atoms with Crippen LogP contribution in [0, 0.1) is 11.3 Å². The fourth-order valence-electron chi connectivity index (χ4n) is 3.90. The number of hydrogen-bond acceptors (Lipinski definition) is 3. The zero-order chi connectivity index (χ0) is 17.9. The lowest BCUT2D eigenvalue weighted by Crippen LogP contribution is -2.54. The number of nitrogens with zero attached hydrogens (tertiary/aromatic N) is 3. The lowest BCUT2D eigenvalue weighted by atomic mass is 10.0. The summed E-state index contributed by atoms with van der Waals surface area (Å²) in [5.41, 5.74) is 0.553. The summed E-state index contributed by atoms with van der Waals surface area (Å²) in [5, 5.41) is 6.45. The predicted octanol–water partition coefficient (Wildman–Crippen LogP) is 1.90. The van der Waals surface area contributed by atoms with Gasteiger partial charge >= 0.3 is 0 Å². The van der Waals surface area contributed by atoms with Crippen LogP contribution in [0.2, 0.25) is 0 Å². The summed E-state index contributed by atoms with van der Waals surface area (Å²) in [6.45, 7) is 12.3. The molecule has 1 saturated heterocycles. The molecule has 0 atom stereocenters. The minimum absolute atomic E-state index is 0. The first-order chi connectivity index (χ1) is 12.0. The molecule has 0 aromatic heterocycles. The molecule has 3 fully saturated rings. The van der Waals surface area contributed by atoms with E-state index in [0.717, 1.165) is 51.1 Å². The highest BCUT2D eigenvalue weighted by Crippen LogP contribution is 2.61. The van der Waals surface area contributed by atoms with Gasteiger partial charge in [0.2, 0.25) is 5.91 Å². The maximum atomic E-state index is 11.9. The molecule has 3 aliphatic rings. The molecule has 6 nitrogen and oxygen atoms in total. The Bertz CT molecular complexity index is 494. The van der Waals surface area contributed by atoms with Crippen molar-refractivity contribution in [2.24, 2.45) is 16.3 Å². The first kappa shape index (κ1) is 21.7. The van der Waals surface area contributed by atoms with Crippen LogP contribution in [0.3, 0.4) is 0 Å². The van der Waals surface area contributed by atoms with E-state index >= 15 is 0 Å². The van der Waals surface area contributed by atoms with Gasteiger partial charge in [-0.15, -0.1) is 24.0 Å². The summed E-state index contributed by atoms with van der Waals surface area (Å²) >= 11 is 0. The topological polar surface area (TPSA) is 60.0 Å². The smallest absolute Gasteiger partial charge is 0.234 e. The molecule has 26 heavy (non-hydrogen) atoms. The average Bonchev–Trinajstić information content (AvgIpc) is 3.45. The third-order valence-corrected chi connectivity index (χ3v) is 5.70. The van der Waals surface area contributed by atoms with Gasteiger partial charge in [0.15, 0.2) is 5.96 Å². The van der Waals surface area contributed by atoms with Gasteiger partial charge in [0.1, 0.15) is 0 Å². The lowest BCUT2D eigenvalue weighted by molar-refractivity contribution is -0.123. The standard InChI is InChI=1S/C19H35N5O.HI/c1-4-20-18(21-14-19(7-8-19)16-5-6-16)24-11-9-23(10-12-24)13-17(25)22-15(2)3;/h15-16H,4-14H2,1-3H3,(H,20,21)(H,22,25);1H. The molecule has 0 radical (unpaired) electrons. The van der Waals surface area contributed by atoms with E-state index in [0.29, 0.717) is 12.0 Å². The van der Waals surface area contributed by atoms with Crippen molar-refractivity contribution in [3.05, 3.63) is 0 Å². The fourth-order valence-corrected chi connectivity index (χ4v) is 3.90. The Balaban J connectivity index is 0.00000243. The van der Waals surface area contributed by atoms with E-state index in [9.17, 15) is 4.79 Å². The van der Waals surface area contributed by atoms with Crippen LogP contribution in [0.5, 0.6) is 0 Å². The Kier molecular flexibility index (Phi) is 8.00. The van der Waals surface area contributed by atoms with Gasteiger partial charge in [-0.25, -0.2) is 0 Å². The number of piperazine rings is 1. The highest BCUT2D eigenvalue weighted by atomic mass is 127. The Labute approximate surface area is 175 Å². The second-order valence-electron chi connectivity index (χ2n) is 8.29. The van der Waals surface area contributed by atoms with Crippen molar-refractivity contribution < 1.29 is 4.79 Å². The van der Waals surface area contributed by atoms with Crippen LogP contribution in [0.1, 0.15) is 46.5 Å². The quantitative estimate of drug-likeness (QED) is 0.334. The number of carbonyl (C=O) groups is 1. The third-order valence-electron chi connectivity index (χ3n) is 5.70. The van der Waals surface area contributed by atoms with E-state index in [1.54, 1.807) is 0 Å². The summed E-state index contributed by atoms with van der Waals surface area (Å²) in [5.74, 6) is 2.15. The monoisotopic (exact) mass is 477 g/mol. The van der Waals surface area contributed by atoms with Crippen molar-refractivity contribution in [2.75, 3.05) is 45.8 Å². The van der Waals surface area contributed by atoms with Gasteiger partial charge in [0.25, 0.3) is 0 Å². The highest BCUT2D eigenvalue weighted by Gasteiger charge is 2.53. The fraction of sp³-hybridized carbons (Fsp3) is 0.895. The number of nitrogens with one attached hydrogen (secondary N) is 2. The molecule has 0 aromatic carbocycles. The summed E-state index contributed by atoms with van der Waals surface area (Å²) in [6.07, 6.45) is 5.59. The van der Waals surface area contributed by atoms with Crippen molar-refractivity contribution in [1.29, 1.82) is 0 Å². The second-order valence-corrected chi connectivity index (χ2v) is 8.29. The number of aliphatic imine (C=N–C) groups is 1. The largest absolute Gasteiger partial charge is 0.357 e. The third kappa shape index (κ3) is 5.97. The van der Waals surface area contributed by atoms with Crippen LogP contribution in [0.4, 0.5) is 0 Å². The molecule has 7 heteroatoms. The summed E-state index contributed by atoms with van der Waals surface area (Å²) in [6, 6.07) is 0.211. The Morgan fingerprint density at radius 3 is 2.35 bits per heavy atom. The van der Waals surface area contributed by atoms with Crippen LogP contribution >= 0.6 is 24.0 Å². The molecule has 2 aliphatic carbocycles. The zero-order valence-electron chi connectivity index (χ0n) is 16.6. The molecular weight excluding hydrogens is 441 g/mol. The van der Waals surface area contributed by atoms with Crippen LogP contribution < -0.4 is 10.6 Å².